The van der Waals surface area contributed by atoms with Crippen LogP contribution in [0.4, 0.5) is 11.8 Å². The van der Waals surface area contributed by atoms with E-state index in [9.17, 15) is 0 Å². The van der Waals surface area contributed by atoms with Crippen LogP contribution in [0.1, 0.15) is 18.2 Å². The highest BCUT2D eigenvalue weighted by atomic mass is 15.1. The second-order valence-corrected chi connectivity index (χ2v) is 3.82. The van der Waals surface area contributed by atoms with Gasteiger partial charge in [0.25, 0.3) is 0 Å². The van der Waals surface area contributed by atoms with E-state index < -0.39 is 0 Å². The molecule has 0 fully saturated rings. The van der Waals surface area contributed by atoms with E-state index in [4.69, 9.17) is 0 Å². The summed E-state index contributed by atoms with van der Waals surface area (Å²) < 4.78 is 0. The molecule has 0 aliphatic heterocycles. The second-order valence-electron chi connectivity index (χ2n) is 3.82. The molecule has 2 N–H and O–H groups in total. The van der Waals surface area contributed by atoms with Crippen molar-refractivity contribution < 1.29 is 0 Å². The van der Waals surface area contributed by atoms with Gasteiger partial charge in [-0.2, -0.15) is 15.2 Å². The van der Waals surface area contributed by atoms with Gasteiger partial charge in [0, 0.05) is 24.5 Å². The number of aryl methyl sites for hydroxylation is 1. The Morgan fingerprint density at radius 3 is 2.89 bits per heavy atom. The Morgan fingerprint density at radius 1 is 1.28 bits per heavy atom. The number of nitrogens with zero attached hydrogens (tertiary/aromatic N) is 4. The van der Waals surface area contributed by atoms with Gasteiger partial charge in [0.15, 0.2) is 0 Å². The lowest BCUT2D eigenvalue weighted by Gasteiger charge is -2.09. The summed E-state index contributed by atoms with van der Waals surface area (Å²) in [6.45, 7) is 5.37. The molecule has 6 nitrogen and oxygen atoms in total. The van der Waals surface area contributed by atoms with E-state index in [0.29, 0.717) is 12.5 Å². The van der Waals surface area contributed by atoms with E-state index in [1.54, 1.807) is 12.4 Å². The minimum Gasteiger partial charge on any atom is -0.364 e. The van der Waals surface area contributed by atoms with Gasteiger partial charge in [-0.15, -0.1) is 0 Å². The molecule has 0 bridgehead atoms. The number of hydrogen-bond donors (Lipinski definition) is 2. The molecular weight excluding hydrogens is 228 g/mol. The molecule has 2 rings (SSSR count). The largest absolute Gasteiger partial charge is 0.364 e. The highest BCUT2D eigenvalue weighted by Crippen LogP contribution is 2.13. The molecule has 0 aromatic carbocycles. The van der Waals surface area contributed by atoms with Crippen LogP contribution in [-0.2, 0) is 6.54 Å². The van der Waals surface area contributed by atoms with Crippen LogP contribution in [0, 0.1) is 6.92 Å². The SMILES string of the molecule is CCNc1ncc(C)c(NCc2cccnn2)n1. The lowest BCUT2D eigenvalue weighted by atomic mass is 10.3. The van der Waals surface area contributed by atoms with Gasteiger partial charge in [0.05, 0.1) is 12.2 Å². The first kappa shape index (κ1) is 12.2. The minimum atomic E-state index is 0.595. The van der Waals surface area contributed by atoms with Gasteiger partial charge < -0.3 is 10.6 Å². The van der Waals surface area contributed by atoms with Crippen molar-refractivity contribution in [1.82, 2.24) is 20.2 Å². The highest BCUT2D eigenvalue weighted by molar-refractivity contribution is 5.46. The third-order valence-electron chi connectivity index (χ3n) is 2.37. The molecular formula is C12H16N6. The average molecular weight is 244 g/mol. The summed E-state index contributed by atoms with van der Waals surface area (Å²) in [5.41, 5.74) is 1.88. The average Bonchev–Trinajstić information content (AvgIpc) is 2.41. The van der Waals surface area contributed by atoms with Gasteiger partial charge in [-0.25, -0.2) is 4.98 Å². The fraction of sp³-hybridized carbons (Fsp3) is 0.333. The lowest BCUT2D eigenvalue weighted by Crippen LogP contribution is -2.08. The molecule has 0 saturated heterocycles. The van der Waals surface area contributed by atoms with E-state index >= 15 is 0 Å². The summed E-state index contributed by atoms with van der Waals surface area (Å²) in [6.07, 6.45) is 3.45. The van der Waals surface area contributed by atoms with E-state index in [1.807, 2.05) is 26.0 Å². The van der Waals surface area contributed by atoms with Gasteiger partial charge in [-0.1, -0.05) is 0 Å². The van der Waals surface area contributed by atoms with E-state index in [2.05, 4.69) is 30.8 Å². The van der Waals surface area contributed by atoms with Crippen LogP contribution in [0.15, 0.2) is 24.5 Å². The molecule has 0 aliphatic rings. The first-order valence-electron chi connectivity index (χ1n) is 5.87. The normalized spacial score (nSPS) is 10.1. The van der Waals surface area contributed by atoms with Gasteiger partial charge in [-0.05, 0) is 26.0 Å². The third kappa shape index (κ3) is 3.13. The Kier molecular flexibility index (Phi) is 4.01. The van der Waals surface area contributed by atoms with Crippen LogP contribution in [-0.4, -0.2) is 26.7 Å². The summed E-state index contributed by atoms with van der Waals surface area (Å²) in [6, 6.07) is 3.78. The van der Waals surface area contributed by atoms with E-state index in [-0.39, 0.29) is 0 Å². The summed E-state index contributed by atoms with van der Waals surface area (Å²) in [4.78, 5) is 8.59. The quantitative estimate of drug-likeness (QED) is 0.832. The van der Waals surface area contributed by atoms with Crippen molar-refractivity contribution in [3.05, 3.63) is 35.8 Å². The topological polar surface area (TPSA) is 75.6 Å². The Hall–Kier alpha value is -2.24. The zero-order valence-electron chi connectivity index (χ0n) is 10.5. The third-order valence-corrected chi connectivity index (χ3v) is 2.37. The fourth-order valence-corrected chi connectivity index (χ4v) is 1.47. The molecule has 94 valence electrons. The molecule has 6 heteroatoms. The van der Waals surface area contributed by atoms with Crippen LogP contribution in [0.25, 0.3) is 0 Å². The number of aromatic nitrogens is 4. The maximum Gasteiger partial charge on any atom is 0.224 e. The van der Waals surface area contributed by atoms with Crippen molar-refractivity contribution in [1.29, 1.82) is 0 Å². The Labute approximate surface area is 106 Å². The molecule has 2 heterocycles. The molecule has 0 radical (unpaired) electrons. The molecule has 0 aliphatic carbocycles. The van der Waals surface area contributed by atoms with Crippen molar-refractivity contribution in [2.75, 3.05) is 17.2 Å². The highest BCUT2D eigenvalue weighted by Gasteiger charge is 2.03. The van der Waals surface area contributed by atoms with Crippen molar-refractivity contribution in [2.45, 2.75) is 20.4 Å². The van der Waals surface area contributed by atoms with Crippen LogP contribution >= 0.6 is 0 Å². The minimum absolute atomic E-state index is 0.595. The van der Waals surface area contributed by atoms with Crippen molar-refractivity contribution >= 4 is 11.8 Å². The van der Waals surface area contributed by atoms with Gasteiger partial charge in [0.1, 0.15) is 5.82 Å². The van der Waals surface area contributed by atoms with E-state index in [1.165, 1.54) is 0 Å². The molecule has 18 heavy (non-hydrogen) atoms. The first-order chi connectivity index (χ1) is 8.79. The van der Waals surface area contributed by atoms with Crippen LogP contribution in [0.3, 0.4) is 0 Å². The molecule has 2 aromatic rings. The van der Waals surface area contributed by atoms with Crippen molar-refractivity contribution in [3.8, 4) is 0 Å². The predicted octanol–water partition coefficient (Wildman–Crippen LogP) is 1.62. The number of hydrogen-bond acceptors (Lipinski definition) is 6. The van der Waals surface area contributed by atoms with E-state index in [0.717, 1.165) is 23.6 Å². The summed E-state index contributed by atoms with van der Waals surface area (Å²) in [5.74, 6) is 1.44. The number of nitrogens with one attached hydrogen (secondary N) is 2. The molecule has 0 unspecified atom stereocenters. The Bertz CT molecular complexity index is 499. The molecule has 0 saturated carbocycles. The second kappa shape index (κ2) is 5.90. The van der Waals surface area contributed by atoms with Crippen molar-refractivity contribution in [3.63, 3.8) is 0 Å². The molecule has 0 amide bonds. The standard InChI is InChI=1S/C12H16N6/c1-3-13-12-15-7-9(2)11(17-12)14-8-10-5-4-6-16-18-10/h4-7H,3,8H2,1-2H3,(H2,13,14,15,17). The molecule has 0 spiro atoms. The van der Waals surface area contributed by atoms with Gasteiger partial charge in [-0.3, -0.25) is 0 Å². The number of anilines is 2. The Balaban J connectivity index is 2.06. The van der Waals surface area contributed by atoms with Crippen LogP contribution < -0.4 is 10.6 Å². The smallest absolute Gasteiger partial charge is 0.224 e. The fourth-order valence-electron chi connectivity index (χ4n) is 1.47. The van der Waals surface area contributed by atoms with Crippen LogP contribution in [0.5, 0.6) is 0 Å². The Morgan fingerprint density at radius 2 is 2.17 bits per heavy atom. The zero-order chi connectivity index (χ0) is 12.8. The summed E-state index contributed by atoms with van der Waals surface area (Å²) >= 11 is 0. The van der Waals surface area contributed by atoms with Crippen molar-refractivity contribution in [2.24, 2.45) is 0 Å². The zero-order valence-corrected chi connectivity index (χ0v) is 10.5. The maximum absolute atomic E-state index is 4.40. The summed E-state index contributed by atoms with van der Waals surface area (Å²) in [5, 5.41) is 14.2. The van der Waals surface area contributed by atoms with Gasteiger partial charge >= 0.3 is 0 Å². The number of rotatable bonds is 5. The lowest BCUT2D eigenvalue weighted by molar-refractivity contribution is 0.916. The van der Waals surface area contributed by atoms with Crippen LogP contribution in [0.2, 0.25) is 0 Å². The predicted molar refractivity (Wildman–Crippen MR) is 70.3 cm³/mol. The monoisotopic (exact) mass is 244 g/mol. The van der Waals surface area contributed by atoms with Gasteiger partial charge in [0.2, 0.25) is 5.95 Å². The first-order valence-corrected chi connectivity index (χ1v) is 5.87. The summed E-state index contributed by atoms with van der Waals surface area (Å²) in [7, 11) is 0. The molecule has 2 aromatic heterocycles. The maximum atomic E-state index is 4.40. The molecule has 0 atom stereocenters.